The Morgan fingerprint density at radius 1 is 1.10 bits per heavy atom. The number of hydrogen-bond donors (Lipinski definition) is 1. The van der Waals surface area contributed by atoms with E-state index in [1.807, 2.05) is 18.2 Å². The molecule has 0 atom stereocenters. The second-order valence-corrected chi connectivity index (χ2v) is 8.60. The lowest BCUT2D eigenvalue weighted by molar-refractivity contribution is -0.141. The molecule has 4 rings (SSSR count). The van der Waals surface area contributed by atoms with Crippen molar-refractivity contribution in [1.29, 1.82) is 0 Å². The highest BCUT2D eigenvalue weighted by molar-refractivity contribution is 5.94. The smallest absolute Gasteiger partial charge is 0.330 e. The fraction of sp³-hybridized carbons (Fsp3) is 0.524. The summed E-state index contributed by atoms with van der Waals surface area (Å²) >= 11 is 0. The van der Waals surface area contributed by atoms with Gasteiger partial charge in [0.15, 0.2) is 5.69 Å². The fourth-order valence-electron chi connectivity index (χ4n) is 4.91. The molecule has 1 N–H and O–H groups in total. The highest BCUT2D eigenvalue weighted by Gasteiger charge is 2.51. The van der Waals surface area contributed by atoms with Crippen molar-refractivity contribution < 1.29 is 18.0 Å². The number of nitrogens with one attached hydrogen (secondary N) is 1. The second-order valence-electron chi connectivity index (χ2n) is 8.60. The molecule has 6 nitrogen and oxygen atoms in total. The summed E-state index contributed by atoms with van der Waals surface area (Å²) in [4.78, 5) is 16.3. The van der Waals surface area contributed by atoms with Crippen LogP contribution in [-0.4, -0.2) is 46.9 Å². The van der Waals surface area contributed by atoms with Crippen molar-refractivity contribution >= 4 is 11.8 Å². The van der Waals surface area contributed by atoms with Gasteiger partial charge in [-0.25, -0.2) is 4.79 Å². The van der Waals surface area contributed by atoms with Crippen molar-refractivity contribution in [2.75, 3.05) is 25.5 Å². The summed E-state index contributed by atoms with van der Waals surface area (Å²) in [5.41, 5.74) is -0.324. The molecule has 1 aromatic heterocycles. The van der Waals surface area contributed by atoms with Gasteiger partial charge < -0.3 is 5.32 Å². The summed E-state index contributed by atoms with van der Waals surface area (Å²) in [7, 11) is 5.56. The molecule has 2 fully saturated rings. The number of anilines is 1. The van der Waals surface area contributed by atoms with Crippen LogP contribution in [0.15, 0.2) is 36.4 Å². The van der Waals surface area contributed by atoms with E-state index in [-0.39, 0.29) is 17.4 Å². The molecule has 2 heterocycles. The van der Waals surface area contributed by atoms with Crippen LogP contribution >= 0.6 is 0 Å². The van der Waals surface area contributed by atoms with Crippen molar-refractivity contribution in [1.82, 2.24) is 20.0 Å². The fourth-order valence-corrected chi connectivity index (χ4v) is 4.91. The lowest BCUT2D eigenvalue weighted by atomic mass is 9.69. The zero-order valence-electron chi connectivity index (χ0n) is 17.3. The van der Waals surface area contributed by atoms with E-state index < -0.39 is 17.4 Å². The Morgan fingerprint density at radius 2 is 1.73 bits per heavy atom. The number of carbonyl (C=O) groups is 1. The van der Waals surface area contributed by atoms with Gasteiger partial charge in [0.2, 0.25) is 0 Å². The number of carbonyl (C=O) groups excluding carboxylic acids is 1. The molecule has 1 aliphatic heterocycles. The van der Waals surface area contributed by atoms with Crippen molar-refractivity contribution in [2.45, 2.75) is 42.9 Å². The number of aromatic nitrogens is 2. The molecule has 1 saturated heterocycles. The van der Waals surface area contributed by atoms with E-state index in [4.69, 9.17) is 0 Å². The highest BCUT2D eigenvalue weighted by Crippen LogP contribution is 2.46. The third-order valence-electron chi connectivity index (χ3n) is 6.70. The molecule has 2 aromatic rings. The molecule has 0 unspecified atom stereocenters. The van der Waals surface area contributed by atoms with Crippen LogP contribution < -0.4 is 10.2 Å². The highest BCUT2D eigenvalue weighted by atomic mass is 19.4. The summed E-state index contributed by atoms with van der Waals surface area (Å²) in [6.07, 6.45) is -1.37. The zero-order valence-corrected chi connectivity index (χ0v) is 17.3. The number of rotatable bonds is 3. The largest absolute Gasteiger partial charge is 0.435 e. The molecule has 9 heteroatoms. The zero-order chi connectivity index (χ0) is 21.7. The molecule has 2 aliphatic rings. The summed E-state index contributed by atoms with van der Waals surface area (Å²) in [5.74, 6) is 0.157. The molecule has 162 valence electrons. The molecule has 2 amide bonds. The number of amides is 2. The minimum atomic E-state index is -4.55. The van der Waals surface area contributed by atoms with Gasteiger partial charge in [0.25, 0.3) is 0 Å². The molecular weight excluding hydrogens is 395 g/mol. The van der Waals surface area contributed by atoms with Gasteiger partial charge in [-0.05, 0) is 45.3 Å². The first-order valence-electron chi connectivity index (χ1n) is 10.0. The molecular formula is C21H26F3N5O. The van der Waals surface area contributed by atoms with Gasteiger partial charge in [-0.3, -0.25) is 14.5 Å². The first-order valence-corrected chi connectivity index (χ1v) is 10.0. The average Bonchev–Trinajstić information content (AvgIpc) is 3.23. The van der Waals surface area contributed by atoms with Gasteiger partial charge in [0.05, 0.1) is 12.1 Å². The third-order valence-corrected chi connectivity index (χ3v) is 6.70. The van der Waals surface area contributed by atoms with Crippen molar-refractivity contribution in [3.8, 4) is 0 Å². The maximum absolute atomic E-state index is 13.0. The van der Waals surface area contributed by atoms with Crippen LogP contribution in [0, 0.1) is 0 Å². The van der Waals surface area contributed by atoms with Gasteiger partial charge in [-0.1, -0.05) is 30.3 Å². The maximum atomic E-state index is 13.0. The first-order chi connectivity index (χ1) is 14.1. The summed E-state index contributed by atoms with van der Waals surface area (Å²) in [6.45, 7) is 0.334. The molecule has 1 aromatic carbocycles. The Kier molecular flexibility index (Phi) is 4.84. The number of urea groups is 1. The van der Waals surface area contributed by atoms with Gasteiger partial charge in [0, 0.05) is 18.7 Å². The van der Waals surface area contributed by atoms with E-state index in [9.17, 15) is 18.0 Å². The van der Waals surface area contributed by atoms with Crippen LogP contribution in [0.25, 0.3) is 0 Å². The summed E-state index contributed by atoms with van der Waals surface area (Å²) < 4.78 is 40.2. The van der Waals surface area contributed by atoms with Crippen molar-refractivity contribution in [3.05, 3.63) is 47.7 Å². The van der Waals surface area contributed by atoms with E-state index >= 15 is 0 Å². The Morgan fingerprint density at radius 3 is 2.27 bits per heavy atom. The molecule has 30 heavy (non-hydrogen) atoms. The molecule has 0 bridgehead atoms. The van der Waals surface area contributed by atoms with E-state index in [0.29, 0.717) is 6.54 Å². The topological polar surface area (TPSA) is 53.4 Å². The minimum Gasteiger partial charge on any atom is -0.330 e. The Hall–Kier alpha value is -2.55. The number of nitrogens with zero attached hydrogens (tertiary/aromatic N) is 4. The Balaban J connectivity index is 1.56. The molecule has 1 aliphatic carbocycles. The van der Waals surface area contributed by atoms with E-state index in [1.165, 1.54) is 17.5 Å². The van der Waals surface area contributed by atoms with Gasteiger partial charge in [-0.2, -0.15) is 18.3 Å². The minimum absolute atomic E-state index is 0.124. The molecule has 0 radical (unpaired) electrons. The van der Waals surface area contributed by atoms with Crippen molar-refractivity contribution in [3.63, 3.8) is 0 Å². The number of alkyl halides is 3. The second kappa shape index (κ2) is 7.01. The quantitative estimate of drug-likeness (QED) is 0.822. The van der Waals surface area contributed by atoms with Crippen LogP contribution in [0.5, 0.6) is 0 Å². The number of halogens is 3. The maximum Gasteiger partial charge on any atom is 0.435 e. The van der Waals surface area contributed by atoms with Gasteiger partial charge >= 0.3 is 12.2 Å². The monoisotopic (exact) mass is 421 g/mol. The van der Waals surface area contributed by atoms with Gasteiger partial charge in [0.1, 0.15) is 5.82 Å². The Labute approximate surface area is 173 Å². The predicted molar refractivity (Wildman–Crippen MR) is 107 cm³/mol. The SMILES string of the molecule is CN(C)C1(c2ccccc2)CCC2(CC1)CN(c1cc(C(F)(F)F)nn1C)C(=O)N2. The lowest BCUT2D eigenvalue weighted by Gasteiger charge is -2.48. The van der Waals surface area contributed by atoms with E-state index in [0.717, 1.165) is 36.4 Å². The van der Waals surface area contributed by atoms with Gasteiger partial charge in [-0.15, -0.1) is 0 Å². The number of benzene rings is 1. The average molecular weight is 421 g/mol. The van der Waals surface area contributed by atoms with Crippen LogP contribution in [-0.2, 0) is 18.8 Å². The van der Waals surface area contributed by atoms with Crippen LogP contribution in [0.2, 0.25) is 0 Å². The predicted octanol–water partition coefficient (Wildman–Crippen LogP) is 3.74. The number of aryl methyl sites for hydroxylation is 1. The first kappa shape index (κ1) is 20.7. The summed E-state index contributed by atoms with van der Waals surface area (Å²) in [6, 6.07) is 10.9. The van der Waals surface area contributed by atoms with Crippen molar-refractivity contribution in [2.24, 2.45) is 7.05 Å². The van der Waals surface area contributed by atoms with E-state index in [1.54, 1.807) is 0 Å². The Bertz CT molecular complexity index is 930. The van der Waals surface area contributed by atoms with Crippen LogP contribution in [0.1, 0.15) is 36.9 Å². The molecule has 1 spiro atoms. The van der Waals surface area contributed by atoms with Crippen LogP contribution in [0.4, 0.5) is 23.8 Å². The normalized spacial score (nSPS) is 27.2. The molecule has 1 saturated carbocycles. The standard InChI is InChI=1S/C21H26F3N5O/c1-27(2)20(15-7-5-4-6-8-15)11-9-19(10-12-20)14-29(18(30)25-19)17-13-16(21(22,23)24)26-28(17)3/h4-8,13H,9-12,14H2,1-3H3,(H,25,30). The van der Waals surface area contributed by atoms with E-state index in [2.05, 4.69) is 41.5 Å². The van der Waals surface area contributed by atoms with Crippen LogP contribution in [0.3, 0.4) is 0 Å². The third kappa shape index (κ3) is 3.34. The number of hydrogen-bond acceptors (Lipinski definition) is 3. The lowest BCUT2D eigenvalue weighted by Crippen LogP contribution is -2.54. The summed E-state index contributed by atoms with van der Waals surface area (Å²) in [5, 5.41) is 6.61.